The molecule has 3 rings (SSSR count). The first kappa shape index (κ1) is 20.6. The maximum absolute atomic E-state index is 12.6. The molecule has 0 aromatic heterocycles. The molecule has 0 N–H and O–H groups in total. The number of hydrogen-bond donors (Lipinski definition) is 0. The van der Waals surface area contributed by atoms with E-state index in [1.165, 1.54) is 48.8 Å². The highest BCUT2D eigenvalue weighted by atomic mass is 16.5. The fourth-order valence-electron chi connectivity index (χ4n) is 4.24. The van der Waals surface area contributed by atoms with Crippen LogP contribution >= 0.6 is 0 Å². The Morgan fingerprint density at radius 2 is 1.61 bits per heavy atom. The van der Waals surface area contributed by atoms with E-state index in [1.54, 1.807) is 0 Å². The number of esters is 1. The SMILES string of the molecule is Cc1cc(OC(=O)c2ccc(CCC3CCC(C)CC3)cc2)c(C)c(C)c1C.[HH]. The van der Waals surface area contributed by atoms with Crippen LogP contribution in [0.25, 0.3) is 0 Å². The van der Waals surface area contributed by atoms with Gasteiger partial charge in [0, 0.05) is 1.43 Å². The second-order valence-electron chi connectivity index (χ2n) is 8.82. The van der Waals surface area contributed by atoms with Crippen molar-refractivity contribution in [3.63, 3.8) is 0 Å². The van der Waals surface area contributed by atoms with Gasteiger partial charge in [-0.15, -0.1) is 0 Å². The van der Waals surface area contributed by atoms with Gasteiger partial charge in [0.05, 0.1) is 5.56 Å². The van der Waals surface area contributed by atoms with Crippen LogP contribution in [0.4, 0.5) is 0 Å². The minimum Gasteiger partial charge on any atom is -0.423 e. The van der Waals surface area contributed by atoms with Gasteiger partial charge in [-0.05, 0) is 98.4 Å². The van der Waals surface area contributed by atoms with Crippen LogP contribution in [0, 0.1) is 39.5 Å². The minimum absolute atomic E-state index is 0. The van der Waals surface area contributed by atoms with Gasteiger partial charge in [-0.1, -0.05) is 44.7 Å². The summed E-state index contributed by atoms with van der Waals surface area (Å²) in [5.41, 5.74) is 6.57. The molecule has 0 spiro atoms. The molecule has 1 aliphatic carbocycles. The fraction of sp³-hybridized carbons (Fsp3) is 0.500. The summed E-state index contributed by atoms with van der Waals surface area (Å²) in [6, 6.07) is 9.95. The van der Waals surface area contributed by atoms with Crippen molar-refractivity contribution < 1.29 is 11.0 Å². The quantitative estimate of drug-likeness (QED) is 0.407. The van der Waals surface area contributed by atoms with E-state index in [4.69, 9.17) is 4.74 Å². The largest absolute Gasteiger partial charge is 0.423 e. The highest BCUT2D eigenvalue weighted by molar-refractivity contribution is 5.91. The number of rotatable bonds is 5. The molecule has 0 unspecified atom stereocenters. The molecule has 1 aliphatic rings. The molecule has 152 valence electrons. The second kappa shape index (κ2) is 8.94. The van der Waals surface area contributed by atoms with Crippen molar-refractivity contribution in [2.24, 2.45) is 11.8 Å². The summed E-state index contributed by atoms with van der Waals surface area (Å²) in [7, 11) is 0. The number of hydrogen-bond acceptors (Lipinski definition) is 2. The molecule has 2 nitrogen and oxygen atoms in total. The first-order valence-electron chi connectivity index (χ1n) is 10.7. The van der Waals surface area contributed by atoms with Crippen molar-refractivity contribution in [3.05, 3.63) is 63.7 Å². The van der Waals surface area contributed by atoms with E-state index in [0.29, 0.717) is 11.3 Å². The summed E-state index contributed by atoms with van der Waals surface area (Å²) < 4.78 is 5.71. The zero-order valence-electron chi connectivity index (χ0n) is 18.1. The van der Waals surface area contributed by atoms with Gasteiger partial charge in [0.1, 0.15) is 5.75 Å². The topological polar surface area (TPSA) is 26.3 Å². The summed E-state index contributed by atoms with van der Waals surface area (Å²) >= 11 is 0. The average Bonchev–Trinajstić information content (AvgIpc) is 2.70. The van der Waals surface area contributed by atoms with E-state index in [2.05, 4.69) is 39.8 Å². The van der Waals surface area contributed by atoms with Crippen LogP contribution in [-0.4, -0.2) is 5.97 Å². The van der Waals surface area contributed by atoms with Crippen LogP contribution in [0.1, 0.15) is 78.6 Å². The lowest BCUT2D eigenvalue weighted by atomic mass is 9.80. The number of ether oxygens (including phenoxy) is 1. The van der Waals surface area contributed by atoms with Gasteiger partial charge < -0.3 is 4.74 Å². The molecule has 0 bridgehead atoms. The van der Waals surface area contributed by atoms with Crippen LogP contribution in [0.5, 0.6) is 5.75 Å². The molecule has 1 saturated carbocycles. The lowest BCUT2D eigenvalue weighted by Gasteiger charge is -2.26. The van der Waals surface area contributed by atoms with Crippen molar-refractivity contribution in [1.82, 2.24) is 0 Å². The average molecular weight is 381 g/mol. The zero-order valence-corrected chi connectivity index (χ0v) is 18.1. The molecule has 0 aliphatic heterocycles. The number of benzene rings is 2. The summed E-state index contributed by atoms with van der Waals surface area (Å²) in [4.78, 5) is 12.6. The van der Waals surface area contributed by atoms with Crippen molar-refractivity contribution in [2.75, 3.05) is 0 Å². The lowest BCUT2D eigenvalue weighted by molar-refractivity contribution is 0.0733. The number of carbonyl (C=O) groups excluding carboxylic acids is 1. The fourth-order valence-corrected chi connectivity index (χ4v) is 4.24. The van der Waals surface area contributed by atoms with Crippen molar-refractivity contribution in [2.45, 2.75) is 73.1 Å². The van der Waals surface area contributed by atoms with Crippen molar-refractivity contribution >= 4 is 5.97 Å². The molecule has 0 amide bonds. The third-order valence-corrected chi connectivity index (χ3v) is 6.80. The van der Waals surface area contributed by atoms with E-state index in [0.717, 1.165) is 29.4 Å². The van der Waals surface area contributed by atoms with Gasteiger partial charge >= 0.3 is 5.97 Å². The van der Waals surface area contributed by atoms with Crippen molar-refractivity contribution in [3.8, 4) is 5.75 Å². The Labute approximate surface area is 171 Å². The molecule has 0 saturated heterocycles. The second-order valence-corrected chi connectivity index (χ2v) is 8.82. The Morgan fingerprint density at radius 3 is 2.25 bits per heavy atom. The Kier molecular flexibility index (Phi) is 6.59. The first-order chi connectivity index (χ1) is 13.3. The van der Waals surface area contributed by atoms with Gasteiger partial charge in [0.25, 0.3) is 0 Å². The highest BCUT2D eigenvalue weighted by Gasteiger charge is 2.18. The van der Waals surface area contributed by atoms with Gasteiger partial charge in [-0.25, -0.2) is 4.79 Å². The van der Waals surface area contributed by atoms with Crippen LogP contribution in [0.15, 0.2) is 30.3 Å². The standard InChI is InChI=1S/C26H34O2.H2/c1-17-6-8-22(9-7-17)10-11-23-12-14-24(15-13-23)26(27)28-25-16-18(2)19(3)20(4)21(25)5;/h12-17,22H,6-11H2,1-5H3;1H. The zero-order chi connectivity index (χ0) is 20.3. The Hall–Kier alpha value is -2.09. The summed E-state index contributed by atoms with van der Waals surface area (Å²) in [6.45, 7) is 10.6. The van der Waals surface area contributed by atoms with E-state index in [1.807, 2.05) is 25.1 Å². The third-order valence-electron chi connectivity index (χ3n) is 6.80. The molecule has 0 heterocycles. The highest BCUT2D eigenvalue weighted by Crippen LogP contribution is 2.31. The number of carbonyl (C=O) groups is 1. The van der Waals surface area contributed by atoms with Gasteiger partial charge in [0.2, 0.25) is 0 Å². The molecular weight excluding hydrogens is 344 g/mol. The maximum atomic E-state index is 12.6. The predicted molar refractivity (Wildman–Crippen MR) is 118 cm³/mol. The molecule has 28 heavy (non-hydrogen) atoms. The Bertz CT molecular complexity index is 831. The molecule has 2 aromatic carbocycles. The van der Waals surface area contributed by atoms with Crippen LogP contribution < -0.4 is 4.74 Å². The van der Waals surface area contributed by atoms with Crippen molar-refractivity contribution in [1.29, 1.82) is 0 Å². The van der Waals surface area contributed by atoms with Crippen LogP contribution in [0.3, 0.4) is 0 Å². The van der Waals surface area contributed by atoms with E-state index in [9.17, 15) is 4.79 Å². The van der Waals surface area contributed by atoms with Crippen LogP contribution in [-0.2, 0) is 6.42 Å². The third kappa shape index (κ3) is 4.84. The van der Waals surface area contributed by atoms with E-state index in [-0.39, 0.29) is 7.40 Å². The first-order valence-corrected chi connectivity index (χ1v) is 10.7. The van der Waals surface area contributed by atoms with E-state index < -0.39 is 0 Å². The van der Waals surface area contributed by atoms with Gasteiger partial charge in [-0.3, -0.25) is 0 Å². The van der Waals surface area contributed by atoms with Crippen LogP contribution in [0.2, 0.25) is 0 Å². The maximum Gasteiger partial charge on any atom is 0.343 e. The van der Waals surface area contributed by atoms with Gasteiger partial charge in [-0.2, -0.15) is 0 Å². The molecule has 2 heteroatoms. The van der Waals surface area contributed by atoms with Gasteiger partial charge in [0.15, 0.2) is 0 Å². The molecular formula is C26H36O2. The monoisotopic (exact) mass is 380 g/mol. The normalized spacial score (nSPS) is 19.5. The molecule has 0 radical (unpaired) electrons. The molecule has 2 aromatic rings. The smallest absolute Gasteiger partial charge is 0.343 e. The summed E-state index contributed by atoms with van der Waals surface area (Å²) in [5.74, 6) is 2.17. The van der Waals surface area contributed by atoms with E-state index >= 15 is 0 Å². The Morgan fingerprint density at radius 1 is 0.964 bits per heavy atom. The summed E-state index contributed by atoms with van der Waals surface area (Å²) in [5, 5.41) is 0. The summed E-state index contributed by atoms with van der Waals surface area (Å²) in [6.07, 6.45) is 7.88. The number of aryl methyl sites for hydroxylation is 2. The Balaban J connectivity index is 0.00000300. The molecule has 1 fully saturated rings. The predicted octanol–water partition coefficient (Wildman–Crippen LogP) is 7.14. The minimum atomic E-state index is -0.279. The lowest BCUT2D eigenvalue weighted by Crippen LogP contribution is -2.13. The molecule has 0 atom stereocenters.